The number of para-hydroxylation sites is 2. The van der Waals surface area contributed by atoms with Gasteiger partial charge in [0.05, 0.1) is 30.1 Å². The molecule has 1 fully saturated rings. The third-order valence-electron chi connectivity index (χ3n) is 3.64. The van der Waals surface area contributed by atoms with Crippen LogP contribution in [0.2, 0.25) is 0 Å². The number of hydrogen-bond acceptors (Lipinski definition) is 4. The summed E-state index contributed by atoms with van der Waals surface area (Å²) < 4.78 is 7.75. The lowest BCUT2D eigenvalue weighted by Crippen LogP contribution is -2.25. The van der Waals surface area contributed by atoms with Crippen LogP contribution in [-0.4, -0.2) is 33.8 Å². The van der Waals surface area contributed by atoms with Gasteiger partial charge < -0.3 is 20.2 Å². The van der Waals surface area contributed by atoms with Crippen molar-refractivity contribution in [3.8, 4) is 0 Å². The SMILES string of the molecule is N/C(Cc1nc2ccccc2n1C1CCCOC1)=N/O. The predicted octanol–water partition coefficient (Wildman–Crippen LogP) is 1.68. The van der Waals surface area contributed by atoms with Crippen LogP contribution >= 0.6 is 0 Å². The molecule has 0 bridgehead atoms. The van der Waals surface area contributed by atoms with Gasteiger partial charge in [0, 0.05) is 6.61 Å². The maximum Gasteiger partial charge on any atom is 0.146 e. The Labute approximate surface area is 116 Å². The molecule has 20 heavy (non-hydrogen) atoms. The molecule has 0 radical (unpaired) electrons. The van der Waals surface area contributed by atoms with Crippen molar-refractivity contribution in [2.75, 3.05) is 13.2 Å². The smallest absolute Gasteiger partial charge is 0.146 e. The molecule has 1 aliphatic heterocycles. The Morgan fingerprint density at radius 3 is 3.10 bits per heavy atom. The maximum absolute atomic E-state index is 8.77. The number of oxime groups is 1. The standard InChI is InChI=1S/C14H18N4O2/c15-13(17-19)8-14-16-11-5-1-2-6-12(11)18(14)10-4-3-7-20-9-10/h1-2,5-6,10,19H,3-4,7-9H2,(H2,15,17). The molecule has 1 aromatic carbocycles. The van der Waals surface area contributed by atoms with Gasteiger partial charge in [0.1, 0.15) is 11.7 Å². The Bertz CT molecular complexity index is 629. The number of fused-ring (bicyclic) bond motifs is 1. The number of aromatic nitrogens is 2. The Hall–Kier alpha value is -2.08. The summed E-state index contributed by atoms with van der Waals surface area (Å²) in [7, 11) is 0. The lowest BCUT2D eigenvalue weighted by molar-refractivity contribution is 0.0597. The number of amidine groups is 1. The zero-order valence-corrected chi connectivity index (χ0v) is 11.2. The van der Waals surface area contributed by atoms with Crippen molar-refractivity contribution >= 4 is 16.9 Å². The van der Waals surface area contributed by atoms with Crippen molar-refractivity contribution in [2.45, 2.75) is 25.3 Å². The number of hydrogen-bond donors (Lipinski definition) is 2. The number of benzene rings is 1. The lowest BCUT2D eigenvalue weighted by atomic mass is 10.1. The van der Waals surface area contributed by atoms with Gasteiger partial charge in [-0.25, -0.2) is 4.98 Å². The number of nitrogens with two attached hydrogens (primary N) is 1. The van der Waals surface area contributed by atoms with Gasteiger partial charge in [0.25, 0.3) is 0 Å². The lowest BCUT2D eigenvalue weighted by Gasteiger charge is -2.25. The van der Waals surface area contributed by atoms with Crippen LogP contribution in [-0.2, 0) is 11.2 Å². The van der Waals surface area contributed by atoms with Gasteiger partial charge in [-0.1, -0.05) is 17.3 Å². The van der Waals surface area contributed by atoms with Gasteiger partial charge in [-0.15, -0.1) is 0 Å². The minimum atomic E-state index is 0.165. The van der Waals surface area contributed by atoms with E-state index in [1.54, 1.807) is 0 Å². The largest absolute Gasteiger partial charge is 0.409 e. The molecule has 1 aliphatic rings. The van der Waals surface area contributed by atoms with Crippen molar-refractivity contribution in [3.63, 3.8) is 0 Å². The van der Waals surface area contributed by atoms with Crippen molar-refractivity contribution in [1.29, 1.82) is 0 Å². The van der Waals surface area contributed by atoms with Crippen LogP contribution < -0.4 is 5.73 Å². The first-order valence-electron chi connectivity index (χ1n) is 6.79. The van der Waals surface area contributed by atoms with E-state index in [2.05, 4.69) is 14.7 Å². The Kier molecular flexibility index (Phi) is 3.56. The fraction of sp³-hybridized carbons (Fsp3) is 0.429. The summed E-state index contributed by atoms with van der Waals surface area (Å²) in [6.07, 6.45) is 2.44. The van der Waals surface area contributed by atoms with E-state index in [4.69, 9.17) is 15.7 Å². The molecule has 3 N–H and O–H groups in total. The third-order valence-corrected chi connectivity index (χ3v) is 3.64. The van der Waals surface area contributed by atoms with E-state index < -0.39 is 0 Å². The fourth-order valence-electron chi connectivity index (χ4n) is 2.75. The predicted molar refractivity (Wildman–Crippen MR) is 75.9 cm³/mol. The second kappa shape index (κ2) is 5.50. The number of rotatable bonds is 3. The maximum atomic E-state index is 8.77. The Balaban J connectivity index is 2.07. The molecule has 1 aromatic heterocycles. The molecular weight excluding hydrogens is 256 g/mol. The summed E-state index contributed by atoms with van der Waals surface area (Å²) in [5.74, 6) is 0.982. The quantitative estimate of drug-likeness (QED) is 0.386. The zero-order chi connectivity index (χ0) is 13.9. The van der Waals surface area contributed by atoms with E-state index in [0.717, 1.165) is 36.3 Å². The van der Waals surface area contributed by atoms with Crippen molar-refractivity contribution in [3.05, 3.63) is 30.1 Å². The monoisotopic (exact) mass is 274 g/mol. The van der Waals surface area contributed by atoms with E-state index >= 15 is 0 Å². The molecular formula is C14H18N4O2. The van der Waals surface area contributed by atoms with Gasteiger partial charge >= 0.3 is 0 Å². The molecule has 0 amide bonds. The van der Waals surface area contributed by atoms with E-state index in [0.29, 0.717) is 13.0 Å². The zero-order valence-electron chi connectivity index (χ0n) is 11.2. The van der Waals surface area contributed by atoms with Crippen molar-refractivity contribution in [1.82, 2.24) is 9.55 Å². The minimum absolute atomic E-state index is 0.165. The summed E-state index contributed by atoms with van der Waals surface area (Å²) >= 11 is 0. The molecule has 3 rings (SSSR count). The van der Waals surface area contributed by atoms with Crippen LogP contribution in [0.4, 0.5) is 0 Å². The molecule has 1 saturated heterocycles. The van der Waals surface area contributed by atoms with Crippen molar-refractivity contribution < 1.29 is 9.94 Å². The Morgan fingerprint density at radius 1 is 1.50 bits per heavy atom. The Morgan fingerprint density at radius 2 is 2.35 bits per heavy atom. The highest BCUT2D eigenvalue weighted by molar-refractivity contribution is 5.83. The number of imidazole rings is 1. The summed E-state index contributed by atoms with van der Waals surface area (Å²) in [6, 6.07) is 8.25. The molecule has 6 nitrogen and oxygen atoms in total. The molecule has 0 aliphatic carbocycles. The minimum Gasteiger partial charge on any atom is -0.409 e. The summed E-state index contributed by atoms with van der Waals surface area (Å²) in [5.41, 5.74) is 7.64. The van der Waals surface area contributed by atoms with Crippen LogP contribution in [0.15, 0.2) is 29.4 Å². The first kappa shape index (κ1) is 12.9. The fourth-order valence-corrected chi connectivity index (χ4v) is 2.75. The molecule has 1 atom stereocenters. The molecule has 0 saturated carbocycles. The first-order chi connectivity index (χ1) is 9.79. The molecule has 106 valence electrons. The van der Waals surface area contributed by atoms with Gasteiger partial charge in [0.2, 0.25) is 0 Å². The van der Waals surface area contributed by atoms with Crippen LogP contribution in [0, 0.1) is 0 Å². The average Bonchev–Trinajstić information content (AvgIpc) is 2.85. The van der Waals surface area contributed by atoms with Crippen LogP contribution in [0.25, 0.3) is 11.0 Å². The first-order valence-corrected chi connectivity index (χ1v) is 6.79. The van der Waals surface area contributed by atoms with Gasteiger partial charge in [0.15, 0.2) is 0 Å². The second-order valence-corrected chi connectivity index (χ2v) is 5.03. The highest BCUT2D eigenvalue weighted by Crippen LogP contribution is 2.27. The molecule has 0 spiro atoms. The number of nitrogens with zero attached hydrogens (tertiary/aromatic N) is 3. The van der Waals surface area contributed by atoms with Crippen molar-refractivity contribution in [2.24, 2.45) is 10.9 Å². The van der Waals surface area contributed by atoms with Gasteiger partial charge in [-0.2, -0.15) is 0 Å². The molecule has 6 heteroatoms. The normalized spacial score (nSPS) is 20.4. The van der Waals surface area contributed by atoms with E-state index in [1.165, 1.54) is 0 Å². The second-order valence-electron chi connectivity index (χ2n) is 5.03. The highest BCUT2D eigenvalue weighted by Gasteiger charge is 2.22. The van der Waals surface area contributed by atoms with E-state index in [1.807, 2.05) is 24.3 Å². The third kappa shape index (κ3) is 2.34. The topological polar surface area (TPSA) is 85.7 Å². The molecule has 2 aromatic rings. The van der Waals surface area contributed by atoms with Gasteiger partial charge in [-0.05, 0) is 25.0 Å². The average molecular weight is 274 g/mol. The molecule has 2 heterocycles. The summed E-state index contributed by atoms with van der Waals surface area (Å²) in [4.78, 5) is 4.61. The molecule has 1 unspecified atom stereocenters. The van der Waals surface area contributed by atoms with E-state index in [9.17, 15) is 0 Å². The van der Waals surface area contributed by atoms with Crippen LogP contribution in [0.3, 0.4) is 0 Å². The highest BCUT2D eigenvalue weighted by atomic mass is 16.5. The van der Waals surface area contributed by atoms with E-state index in [-0.39, 0.29) is 11.9 Å². The summed E-state index contributed by atoms with van der Waals surface area (Å²) in [6.45, 7) is 1.50. The summed E-state index contributed by atoms with van der Waals surface area (Å²) in [5, 5.41) is 11.8. The number of ether oxygens (including phenoxy) is 1. The van der Waals surface area contributed by atoms with Crippen LogP contribution in [0.1, 0.15) is 24.7 Å². The van der Waals surface area contributed by atoms with Crippen LogP contribution in [0.5, 0.6) is 0 Å². The van der Waals surface area contributed by atoms with Gasteiger partial charge in [-0.3, -0.25) is 0 Å².